The van der Waals surface area contributed by atoms with Crippen molar-refractivity contribution in [2.45, 2.75) is 0 Å². The number of nitrogens with one attached hydrogen (secondary N) is 2. The molecule has 0 atom stereocenters. The Hall–Kier alpha value is -2.96. The fourth-order valence-corrected chi connectivity index (χ4v) is 2.83. The number of rotatable bonds is 6. The normalized spacial score (nSPS) is 10.4. The van der Waals surface area contributed by atoms with Gasteiger partial charge in [-0.25, -0.2) is 0 Å². The number of hydrogen-bond acceptors (Lipinski definition) is 4. The van der Waals surface area contributed by atoms with Crippen LogP contribution in [0.3, 0.4) is 0 Å². The van der Waals surface area contributed by atoms with E-state index in [9.17, 15) is 4.79 Å². The first-order chi connectivity index (χ1) is 13.2. The predicted molar refractivity (Wildman–Crippen MR) is 111 cm³/mol. The fraction of sp³-hybridized carbons (Fsp3) is 0.143. The smallest absolute Gasteiger partial charge is 0.261 e. The first-order valence-electron chi connectivity index (χ1n) is 8.49. The number of para-hydroxylation sites is 1. The Morgan fingerprint density at radius 2 is 1.70 bits per heavy atom. The molecule has 0 spiro atoms. The molecule has 138 valence electrons. The molecule has 0 aromatic heterocycles. The van der Waals surface area contributed by atoms with Gasteiger partial charge in [-0.1, -0.05) is 42.5 Å². The van der Waals surface area contributed by atoms with Crippen molar-refractivity contribution >= 4 is 39.7 Å². The minimum Gasteiger partial charge on any atom is -0.490 e. The van der Waals surface area contributed by atoms with Gasteiger partial charge < -0.3 is 14.8 Å². The highest BCUT2D eigenvalue weighted by atomic mass is 32.1. The molecule has 27 heavy (non-hydrogen) atoms. The maximum Gasteiger partial charge on any atom is 0.261 e. The third-order valence-electron chi connectivity index (χ3n) is 3.91. The van der Waals surface area contributed by atoms with Gasteiger partial charge >= 0.3 is 0 Å². The lowest BCUT2D eigenvalue weighted by Gasteiger charge is -2.13. The zero-order chi connectivity index (χ0) is 19.1. The standard InChI is InChI=1S/C21H20N2O3S/c1-25-12-13-26-19-9-5-4-8-18(19)20(24)23-21(27)22-17-11-10-15-6-2-3-7-16(15)14-17/h2-11,14H,12-13H2,1H3,(H2,22,23,24,27). The Balaban J connectivity index is 1.65. The third-order valence-corrected chi connectivity index (χ3v) is 4.12. The van der Waals surface area contributed by atoms with Gasteiger partial charge in [0.05, 0.1) is 12.2 Å². The van der Waals surface area contributed by atoms with Crippen molar-refractivity contribution in [3.05, 3.63) is 72.3 Å². The lowest BCUT2D eigenvalue weighted by atomic mass is 10.1. The molecule has 0 saturated carbocycles. The summed E-state index contributed by atoms with van der Waals surface area (Å²) in [5, 5.41) is 8.19. The Morgan fingerprint density at radius 3 is 2.52 bits per heavy atom. The first kappa shape index (κ1) is 18.8. The van der Waals surface area contributed by atoms with Gasteiger partial charge in [-0.3, -0.25) is 10.1 Å². The van der Waals surface area contributed by atoms with E-state index in [-0.39, 0.29) is 11.0 Å². The Bertz CT molecular complexity index is 959. The van der Waals surface area contributed by atoms with E-state index >= 15 is 0 Å². The molecule has 0 aliphatic heterocycles. The van der Waals surface area contributed by atoms with Crippen molar-refractivity contribution in [3.8, 4) is 5.75 Å². The summed E-state index contributed by atoms with van der Waals surface area (Å²) in [6.45, 7) is 0.804. The molecule has 0 saturated heterocycles. The number of carbonyl (C=O) groups excluding carboxylic acids is 1. The molecule has 3 rings (SSSR count). The molecular weight excluding hydrogens is 360 g/mol. The molecule has 0 unspecified atom stereocenters. The molecule has 0 radical (unpaired) electrons. The van der Waals surface area contributed by atoms with Gasteiger partial charge in [0, 0.05) is 12.8 Å². The number of methoxy groups -OCH3 is 1. The number of hydrogen-bond donors (Lipinski definition) is 2. The summed E-state index contributed by atoms with van der Waals surface area (Å²) in [6, 6.07) is 21.0. The number of carbonyl (C=O) groups is 1. The second-order valence-corrected chi connectivity index (χ2v) is 6.22. The van der Waals surface area contributed by atoms with Crippen LogP contribution in [-0.2, 0) is 4.74 Å². The second-order valence-electron chi connectivity index (χ2n) is 5.81. The van der Waals surface area contributed by atoms with Gasteiger partial charge in [-0.2, -0.15) is 0 Å². The van der Waals surface area contributed by atoms with Crippen molar-refractivity contribution in [3.63, 3.8) is 0 Å². The lowest BCUT2D eigenvalue weighted by Crippen LogP contribution is -2.34. The van der Waals surface area contributed by atoms with Crippen molar-refractivity contribution in [2.75, 3.05) is 25.6 Å². The minimum atomic E-state index is -0.332. The van der Waals surface area contributed by atoms with Gasteiger partial charge in [0.25, 0.3) is 5.91 Å². The molecule has 3 aromatic carbocycles. The van der Waals surface area contributed by atoms with Gasteiger partial charge in [0.15, 0.2) is 5.11 Å². The molecule has 0 aliphatic rings. The van der Waals surface area contributed by atoms with E-state index in [2.05, 4.69) is 10.6 Å². The topological polar surface area (TPSA) is 59.6 Å². The van der Waals surface area contributed by atoms with Crippen molar-refractivity contribution < 1.29 is 14.3 Å². The van der Waals surface area contributed by atoms with E-state index in [1.807, 2.05) is 48.5 Å². The van der Waals surface area contributed by atoms with Crippen LogP contribution in [0.2, 0.25) is 0 Å². The van der Waals surface area contributed by atoms with Crippen LogP contribution in [0, 0.1) is 0 Å². The van der Waals surface area contributed by atoms with Gasteiger partial charge in [-0.15, -0.1) is 0 Å². The van der Waals surface area contributed by atoms with Crippen LogP contribution in [0.15, 0.2) is 66.7 Å². The summed E-state index contributed by atoms with van der Waals surface area (Å²) in [5.41, 5.74) is 1.22. The maximum atomic E-state index is 12.6. The molecule has 0 bridgehead atoms. The Morgan fingerprint density at radius 1 is 0.963 bits per heavy atom. The number of benzene rings is 3. The highest BCUT2D eigenvalue weighted by Crippen LogP contribution is 2.20. The van der Waals surface area contributed by atoms with Crippen LogP contribution in [0.1, 0.15) is 10.4 Å². The van der Waals surface area contributed by atoms with Crippen LogP contribution >= 0.6 is 12.2 Å². The second kappa shape index (κ2) is 9.12. The lowest BCUT2D eigenvalue weighted by molar-refractivity contribution is 0.0970. The molecule has 3 aromatic rings. The number of fused-ring (bicyclic) bond motifs is 1. The van der Waals surface area contributed by atoms with Gasteiger partial charge in [0.2, 0.25) is 0 Å². The zero-order valence-electron chi connectivity index (χ0n) is 14.9. The van der Waals surface area contributed by atoms with E-state index in [0.717, 1.165) is 16.5 Å². The number of thiocarbonyl (C=S) groups is 1. The molecule has 1 amide bonds. The molecule has 2 N–H and O–H groups in total. The molecule has 0 fully saturated rings. The molecule has 6 heteroatoms. The van der Waals surface area contributed by atoms with Crippen LogP contribution in [-0.4, -0.2) is 31.3 Å². The molecule has 0 aliphatic carbocycles. The third kappa shape index (κ3) is 5.03. The minimum absolute atomic E-state index is 0.224. The van der Waals surface area contributed by atoms with E-state index < -0.39 is 0 Å². The van der Waals surface area contributed by atoms with Crippen molar-refractivity contribution in [2.24, 2.45) is 0 Å². The highest BCUT2D eigenvalue weighted by Gasteiger charge is 2.13. The van der Waals surface area contributed by atoms with Crippen LogP contribution < -0.4 is 15.4 Å². The summed E-state index contributed by atoms with van der Waals surface area (Å²) in [7, 11) is 1.60. The van der Waals surface area contributed by atoms with Gasteiger partial charge in [-0.05, 0) is 47.3 Å². The SMILES string of the molecule is COCCOc1ccccc1C(=O)NC(=S)Nc1ccc2ccccc2c1. The largest absolute Gasteiger partial charge is 0.490 e. The van der Waals surface area contributed by atoms with Gasteiger partial charge in [0.1, 0.15) is 12.4 Å². The zero-order valence-corrected chi connectivity index (χ0v) is 15.7. The average molecular weight is 380 g/mol. The number of anilines is 1. The quantitative estimate of drug-likeness (QED) is 0.500. The monoisotopic (exact) mass is 380 g/mol. The maximum absolute atomic E-state index is 12.6. The summed E-state index contributed by atoms with van der Waals surface area (Å²) in [4.78, 5) is 12.6. The van der Waals surface area contributed by atoms with E-state index in [1.165, 1.54) is 0 Å². The molecule has 5 nitrogen and oxygen atoms in total. The summed E-state index contributed by atoms with van der Waals surface area (Å²) in [5.74, 6) is 0.155. The van der Waals surface area contributed by atoms with E-state index in [1.54, 1.807) is 25.3 Å². The Labute approximate surface area is 163 Å². The van der Waals surface area contributed by atoms with Crippen LogP contribution in [0.25, 0.3) is 10.8 Å². The van der Waals surface area contributed by atoms with Crippen LogP contribution in [0.4, 0.5) is 5.69 Å². The number of ether oxygens (including phenoxy) is 2. The summed E-state index contributed by atoms with van der Waals surface area (Å²) < 4.78 is 10.6. The van der Waals surface area contributed by atoms with Crippen molar-refractivity contribution in [1.29, 1.82) is 0 Å². The van der Waals surface area contributed by atoms with E-state index in [4.69, 9.17) is 21.7 Å². The molecule has 0 heterocycles. The summed E-state index contributed by atoms with van der Waals surface area (Å²) >= 11 is 5.28. The van der Waals surface area contributed by atoms with Crippen molar-refractivity contribution in [1.82, 2.24) is 5.32 Å². The first-order valence-corrected chi connectivity index (χ1v) is 8.90. The Kier molecular flexibility index (Phi) is 6.35. The highest BCUT2D eigenvalue weighted by molar-refractivity contribution is 7.80. The van der Waals surface area contributed by atoms with E-state index in [0.29, 0.717) is 24.5 Å². The summed E-state index contributed by atoms with van der Waals surface area (Å²) in [6.07, 6.45) is 0. The average Bonchev–Trinajstić information content (AvgIpc) is 2.68. The fourth-order valence-electron chi connectivity index (χ4n) is 2.61. The predicted octanol–water partition coefficient (Wildman–Crippen LogP) is 3.99. The molecular formula is C21H20N2O3S. The number of amides is 1. The van der Waals surface area contributed by atoms with Crippen LogP contribution in [0.5, 0.6) is 5.75 Å².